The minimum atomic E-state index is -0.937. The Balaban J connectivity index is 1.92. The number of carbonyl (C=O) groups excluding carboxylic acids is 1. The number of ether oxygens (including phenoxy) is 1. The number of halogens is 1. The molecule has 1 saturated heterocycles. The van der Waals surface area contributed by atoms with Gasteiger partial charge in [0.1, 0.15) is 11.4 Å². The van der Waals surface area contributed by atoms with Crippen molar-refractivity contribution in [2.45, 2.75) is 18.5 Å². The van der Waals surface area contributed by atoms with E-state index >= 15 is 0 Å². The lowest BCUT2D eigenvalue weighted by atomic mass is 9.99. The Morgan fingerprint density at radius 3 is 3.06 bits per heavy atom. The fraction of sp³-hybridized carbons (Fsp3) is 0.417. The summed E-state index contributed by atoms with van der Waals surface area (Å²) in [5, 5.41) is 2.70. The van der Waals surface area contributed by atoms with E-state index in [0.29, 0.717) is 18.6 Å². The van der Waals surface area contributed by atoms with Gasteiger partial charge in [0.25, 0.3) is 0 Å². The number of benzene rings is 1. The number of nitrogens with one attached hydrogen (secondary N) is 1. The second-order valence-corrected chi connectivity index (χ2v) is 4.27. The average molecular weight is 238 g/mol. The second-order valence-electron chi connectivity index (χ2n) is 4.27. The number of rotatable bonds is 3. The fourth-order valence-electron chi connectivity index (χ4n) is 1.77. The lowest BCUT2D eigenvalue weighted by Gasteiger charge is -2.20. The first-order valence-corrected chi connectivity index (χ1v) is 5.49. The summed E-state index contributed by atoms with van der Waals surface area (Å²) in [6, 6.07) is 6.10. The van der Waals surface area contributed by atoms with Crippen LogP contribution in [0.5, 0.6) is 0 Å². The van der Waals surface area contributed by atoms with Gasteiger partial charge in [-0.1, -0.05) is 12.1 Å². The smallest absolute Gasteiger partial charge is 0.242 e. The van der Waals surface area contributed by atoms with Crippen LogP contribution < -0.4 is 11.1 Å². The summed E-state index contributed by atoms with van der Waals surface area (Å²) in [6.45, 7) is 1.02. The molecule has 1 aliphatic rings. The molecular weight excluding hydrogens is 223 g/mol. The molecule has 3 N–H and O–H groups in total. The highest BCUT2D eigenvalue weighted by atomic mass is 19.1. The van der Waals surface area contributed by atoms with Gasteiger partial charge in [0.05, 0.1) is 6.61 Å². The number of amides is 1. The van der Waals surface area contributed by atoms with Crippen molar-refractivity contribution in [3.05, 3.63) is 35.6 Å². The van der Waals surface area contributed by atoms with Crippen molar-refractivity contribution in [1.29, 1.82) is 0 Å². The van der Waals surface area contributed by atoms with Gasteiger partial charge < -0.3 is 15.8 Å². The Morgan fingerprint density at radius 2 is 2.41 bits per heavy atom. The Labute approximate surface area is 98.9 Å². The number of hydrogen-bond donors (Lipinski definition) is 2. The Kier molecular flexibility index (Phi) is 3.40. The predicted octanol–water partition coefficient (Wildman–Crippen LogP) is 0.560. The Morgan fingerprint density at radius 1 is 1.59 bits per heavy atom. The summed E-state index contributed by atoms with van der Waals surface area (Å²) < 4.78 is 18.0. The lowest BCUT2D eigenvalue weighted by Crippen LogP contribution is -2.54. The van der Waals surface area contributed by atoms with Crippen LogP contribution in [0, 0.1) is 5.82 Å². The van der Waals surface area contributed by atoms with Crippen molar-refractivity contribution in [2.24, 2.45) is 5.73 Å². The molecule has 4 nitrogen and oxygen atoms in total. The van der Waals surface area contributed by atoms with Crippen molar-refractivity contribution in [1.82, 2.24) is 5.32 Å². The molecule has 2 rings (SSSR count). The summed E-state index contributed by atoms with van der Waals surface area (Å²) in [5.41, 5.74) is 5.66. The van der Waals surface area contributed by atoms with E-state index < -0.39 is 5.54 Å². The SMILES string of the molecule is NC1(C(=O)NCc2cccc(F)c2)CCOC1. The van der Waals surface area contributed by atoms with Gasteiger partial charge in [-0.3, -0.25) is 4.79 Å². The monoisotopic (exact) mass is 238 g/mol. The summed E-state index contributed by atoms with van der Waals surface area (Å²) in [5.74, 6) is -0.567. The topological polar surface area (TPSA) is 64.4 Å². The number of hydrogen-bond acceptors (Lipinski definition) is 3. The van der Waals surface area contributed by atoms with Crippen LogP contribution in [-0.4, -0.2) is 24.7 Å². The normalized spacial score (nSPS) is 23.6. The maximum absolute atomic E-state index is 12.9. The lowest BCUT2D eigenvalue weighted by molar-refractivity contribution is -0.126. The second kappa shape index (κ2) is 4.81. The minimum Gasteiger partial charge on any atom is -0.379 e. The van der Waals surface area contributed by atoms with E-state index in [2.05, 4.69) is 5.32 Å². The van der Waals surface area contributed by atoms with Gasteiger partial charge in [0.15, 0.2) is 0 Å². The van der Waals surface area contributed by atoms with Crippen LogP contribution in [0.25, 0.3) is 0 Å². The van der Waals surface area contributed by atoms with Gasteiger partial charge in [0, 0.05) is 13.2 Å². The molecule has 1 aromatic rings. The molecule has 0 bridgehead atoms. The number of nitrogens with two attached hydrogens (primary N) is 1. The average Bonchev–Trinajstić information content (AvgIpc) is 2.74. The third kappa shape index (κ3) is 2.81. The van der Waals surface area contributed by atoms with E-state index in [1.807, 2.05) is 0 Å². The molecule has 1 fully saturated rings. The summed E-state index contributed by atoms with van der Waals surface area (Å²) in [6.07, 6.45) is 0.516. The largest absolute Gasteiger partial charge is 0.379 e. The molecule has 1 aliphatic heterocycles. The molecule has 5 heteroatoms. The van der Waals surface area contributed by atoms with Crippen LogP contribution >= 0.6 is 0 Å². The summed E-state index contributed by atoms with van der Waals surface area (Å²) in [4.78, 5) is 11.8. The van der Waals surface area contributed by atoms with E-state index in [4.69, 9.17) is 10.5 Å². The molecule has 0 aromatic heterocycles. The highest BCUT2D eigenvalue weighted by Gasteiger charge is 2.37. The third-order valence-electron chi connectivity index (χ3n) is 2.85. The van der Waals surface area contributed by atoms with E-state index in [1.165, 1.54) is 12.1 Å². The highest BCUT2D eigenvalue weighted by Crippen LogP contribution is 2.15. The van der Waals surface area contributed by atoms with Crippen LogP contribution in [0.4, 0.5) is 4.39 Å². The molecule has 1 atom stereocenters. The molecular formula is C12H15FN2O2. The molecule has 1 heterocycles. The quantitative estimate of drug-likeness (QED) is 0.808. The van der Waals surface area contributed by atoms with Crippen LogP contribution in [-0.2, 0) is 16.1 Å². The van der Waals surface area contributed by atoms with Gasteiger partial charge in [-0.05, 0) is 24.1 Å². The summed E-state index contributed by atoms with van der Waals surface area (Å²) in [7, 11) is 0. The van der Waals surface area contributed by atoms with Crippen molar-refractivity contribution < 1.29 is 13.9 Å². The van der Waals surface area contributed by atoms with Crippen LogP contribution in [0.3, 0.4) is 0 Å². The first kappa shape index (κ1) is 12.0. The molecule has 17 heavy (non-hydrogen) atoms. The Hall–Kier alpha value is -1.46. The molecule has 0 radical (unpaired) electrons. The van der Waals surface area contributed by atoms with Crippen molar-refractivity contribution in [2.75, 3.05) is 13.2 Å². The zero-order valence-corrected chi connectivity index (χ0v) is 9.41. The molecule has 1 aromatic carbocycles. The van der Waals surface area contributed by atoms with Gasteiger partial charge in [-0.15, -0.1) is 0 Å². The molecule has 0 saturated carbocycles. The zero-order chi connectivity index (χ0) is 12.3. The number of carbonyl (C=O) groups is 1. The van der Waals surface area contributed by atoms with Crippen molar-refractivity contribution in [3.63, 3.8) is 0 Å². The fourth-order valence-corrected chi connectivity index (χ4v) is 1.77. The standard InChI is InChI=1S/C12H15FN2O2/c13-10-3-1-2-9(6-10)7-15-11(16)12(14)4-5-17-8-12/h1-3,6H,4-5,7-8,14H2,(H,15,16). The van der Waals surface area contributed by atoms with Crippen LogP contribution in [0.1, 0.15) is 12.0 Å². The predicted molar refractivity (Wildman–Crippen MR) is 60.6 cm³/mol. The third-order valence-corrected chi connectivity index (χ3v) is 2.85. The molecule has 1 amide bonds. The molecule has 1 unspecified atom stereocenters. The Bertz CT molecular complexity index is 417. The van der Waals surface area contributed by atoms with E-state index in [-0.39, 0.29) is 24.9 Å². The van der Waals surface area contributed by atoms with Crippen LogP contribution in [0.2, 0.25) is 0 Å². The van der Waals surface area contributed by atoms with Crippen molar-refractivity contribution >= 4 is 5.91 Å². The minimum absolute atomic E-state index is 0.238. The highest BCUT2D eigenvalue weighted by molar-refractivity contribution is 5.86. The zero-order valence-electron chi connectivity index (χ0n) is 9.41. The van der Waals surface area contributed by atoms with E-state index in [0.717, 1.165) is 0 Å². The molecule has 0 spiro atoms. The molecule has 0 aliphatic carbocycles. The van der Waals surface area contributed by atoms with Crippen LogP contribution in [0.15, 0.2) is 24.3 Å². The van der Waals surface area contributed by atoms with Gasteiger partial charge in [-0.2, -0.15) is 0 Å². The van der Waals surface area contributed by atoms with Gasteiger partial charge >= 0.3 is 0 Å². The molecule has 92 valence electrons. The van der Waals surface area contributed by atoms with Gasteiger partial charge in [0.2, 0.25) is 5.91 Å². The summed E-state index contributed by atoms with van der Waals surface area (Å²) >= 11 is 0. The van der Waals surface area contributed by atoms with E-state index in [1.54, 1.807) is 12.1 Å². The van der Waals surface area contributed by atoms with Gasteiger partial charge in [-0.25, -0.2) is 4.39 Å². The van der Waals surface area contributed by atoms with E-state index in [9.17, 15) is 9.18 Å². The maximum atomic E-state index is 12.9. The first-order chi connectivity index (χ1) is 8.10. The first-order valence-electron chi connectivity index (χ1n) is 5.49. The maximum Gasteiger partial charge on any atom is 0.242 e. The van der Waals surface area contributed by atoms with Crippen molar-refractivity contribution in [3.8, 4) is 0 Å².